The number of rotatable bonds is 6. The highest BCUT2D eigenvalue weighted by molar-refractivity contribution is 5.24. The molecule has 2 unspecified atom stereocenters. The Morgan fingerprint density at radius 2 is 2.05 bits per heavy atom. The van der Waals surface area contributed by atoms with E-state index in [9.17, 15) is 5.11 Å². The fraction of sp³-hybridized carbons (Fsp3) is 0.786. The Balaban J connectivity index is 1.78. The second-order valence-corrected chi connectivity index (χ2v) is 5.53. The lowest BCUT2D eigenvalue weighted by molar-refractivity contribution is 0.121. The Hall–Kier alpha value is -0.910. The van der Waals surface area contributed by atoms with E-state index in [-0.39, 0.29) is 12.1 Å². The predicted octanol–water partition coefficient (Wildman–Crippen LogP) is 1.40. The SMILES string of the molecule is Cc1noc(C)c1C(C)NCC(O)CN1CCCC1. The minimum atomic E-state index is -0.318. The van der Waals surface area contributed by atoms with E-state index in [1.54, 1.807) is 0 Å². The number of aryl methyl sites for hydroxylation is 2. The van der Waals surface area contributed by atoms with Crippen molar-refractivity contribution in [2.45, 2.75) is 45.8 Å². The standard InChI is InChI=1S/C14H25N3O2/c1-10(14-11(2)16-19-12(14)3)15-8-13(18)9-17-6-4-5-7-17/h10,13,15,18H,4-9H2,1-3H3. The van der Waals surface area contributed by atoms with Crippen molar-refractivity contribution in [3.05, 3.63) is 17.0 Å². The third-order valence-corrected chi connectivity index (χ3v) is 3.85. The van der Waals surface area contributed by atoms with Gasteiger partial charge in [-0.2, -0.15) is 0 Å². The Bertz CT molecular complexity index is 380. The predicted molar refractivity (Wildman–Crippen MR) is 74.1 cm³/mol. The molecular weight excluding hydrogens is 242 g/mol. The summed E-state index contributed by atoms with van der Waals surface area (Å²) in [5.74, 6) is 0.853. The molecule has 5 nitrogen and oxygen atoms in total. The smallest absolute Gasteiger partial charge is 0.138 e. The molecule has 1 aromatic rings. The Labute approximate surface area is 115 Å². The summed E-state index contributed by atoms with van der Waals surface area (Å²) in [7, 11) is 0. The van der Waals surface area contributed by atoms with Crippen LogP contribution in [0.25, 0.3) is 0 Å². The molecule has 0 aliphatic carbocycles. The number of likely N-dealkylation sites (tertiary alicyclic amines) is 1. The molecule has 1 aromatic heterocycles. The second-order valence-electron chi connectivity index (χ2n) is 5.53. The maximum Gasteiger partial charge on any atom is 0.138 e. The van der Waals surface area contributed by atoms with Gasteiger partial charge in [-0.25, -0.2) is 0 Å². The summed E-state index contributed by atoms with van der Waals surface area (Å²) in [5.41, 5.74) is 2.03. The van der Waals surface area contributed by atoms with Crippen molar-refractivity contribution in [1.29, 1.82) is 0 Å². The minimum absolute atomic E-state index is 0.152. The summed E-state index contributed by atoms with van der Waals surface area (Å²) in [4.78, 5) is 2.33. The van der Waals surface area contributed by atoms with Crippen LogP contribution in [0, 0.1) is 13.8 Å². The van der Waals surface area contributed by atoms with E-state index in [2.05, 4.69) is 22.3 Å². The molecule has 0 amide bonds. The molecule has 1 fully saturated rings. The average molecular weight is 267 g/mol. The molecule has 0 aromatic carbocycles. The van der Waals surface area contributed by atoms with Gasteiger partial charge in [0.05, 0.1) is 11.8 Å². The van der Waals surface area contributed by atoms with Crippen molar-refractivity contribution in [3.8, 4) is 0 Å². The van der Waals surface area contributed by atoms with Crippen molar-refractivity contribution in [2.75, 3.05) is 26.2 Å². The van der Waals surface area contributed by atoms with E-state index in [4.69, 9.17) is 4.52 Å². The van der Waals surface area contributed by atoms with Crippen molar-refractivity contribution >= 4 is 0 Å². The Kier molecular flexibility index (Phi) is 4.96. The Morgan fingerprint density at radius 1 is 1.37 bits per heavy atom. The Morgan fingerprint density at radius 3 is 2.63 bits per heavy atom. The van der Waals surface area contributed by atoms with Crippen LogP contribution in [0.5, 0.6) is 0 Å². The molecule has 0 radical (unpaired) electrons. The van der Waals surface area contributed by atoms with Crippen LogP contribution in [0.15, 0.2) is 4.52 Å². The van der Waals surface area contributed by atoms with Gasteiger partial charge in [-0.05, 0) is 46.7 Å². The molecule has 0 saturated carbocycles. The van der Waals surface area contributed by atoms with Gasteiger partial charge in [0.2, 0.25) is 0 Å². The summed E-state index contributed by atoms with van der Waals surface area (Å²) in [6.45, 7) is 9.56. The first-order valence-corrected chi connectivity index (χ1v) is 7.14. The van der Waals surface area contributed by atoms with E-state index in [1.807, 2.05) is 13.8 Å². The molecule has 0 bridgehead atoms. The lowest BCUT2D eigenvalue weighted by Crippen LogP contribution is -2.38. The van der Waals surface area contributed by atoms with E-state index in [1.165, 1.54) is 12.8 Å². The summed E-state index contributed by atoms with van der Waals surface area (Å²) in [6.07, 6.45) is 2.20. The molecule has 1 aliphatic heterocycles. The van der Waals surface area contributed by atoms with Gasteiger partial charge in [-0.1, -0.05) is 5.16 Å². The fourth-order valence-electron chi connectivity index (χ4n) is 2.85. The van der Waals surface area contributed by atoms with Gasteiger partial charge in [0.1, 0.15) is 5.76 Å². The van der Waals surface area contributed by atoms with Crippen LogP contribution in [0.1, 0.15) is 42.8 Å². The largest absolute Gasteiger partial charge is 0.390 e. The highest BCUT2D eigenvalue weighted by Gasteiger charge is 2.19. The van der Waals surface area contributed by atoms with Crippen LogP contribution >= 0.6 is 0 Å². The third kappa shape index (κ3) is 3.78. The normalized spacial score (nSPS) is 19.8. The van der Waals surface area contributed by atoms with E-state index < -0.39 is 0 Å². The zero-order valence-electron chi connectivity index (χ0n) is 12.1. The lowest BCUT2D eigenvalue weighted by Gasteiger charge is -2.21. The first-order chi connectivity index (χ1) is 9.08. The van der Waals surface area contributed by atoms with E-state index in [0.29, 0.717) is 6.54 Å². The van der Waals surface area contributed by atoms with Gasteiger partial charge in [0.15, 0.2) is 0 Å². The fourth-order valence-corrected chi connectivity index (χ4v) is 2.85. The number of aliphatic hydroxyl groups is 1. The van der Waals surface area contributed by atoms with Crippen LogP contribution in [-0.2, 0) is 0 Å². The monoisotopic (exact) mass is 267 g/mol. The highest BCUT2D eigenvalue weighted by Crippen LogP contribution is 2.20. The van der Waals surface area contributed by atoms with Gasteiger partial charge in [-0.3, -0.25) is 0 Å². The van der Waals surface area contributed by atoms with Crippen molar-refractivity contribution < 1.29 is 9.63 Å². The molecule has 2 N–H and O–H groups in total. The number of nitrogens with one attached hydrogen (secondary N) is 1. The number of aliphatic hydroxyl groups excluding tert-OH is 1. The number of aromatic nitrogens is 1. The summed E-state index contributed by atoms with van der Waals surface area (Å²) in [6, 6.07) is 0.152. The van der Waals surface area contributed by atoms with E-state index in [0.717, 1.165) is 36.7 Å². The quantitative estimate of drug-likeness (QED) is 0.816. The molecule has 1 aliphatic rings. The third-order valence-electron chi connectivity index (χ3n) is 3.85. The lowest BCUT2D eigenvalue weighted by atomic mass is 10.1. The molecule has 0 spiro atoms. The van der Waals surface area contributed by atoms with Crippen molar-refractivity contribution in [2.24, 2.45) is 0 Å². The van der Waals surface area contributed by atoms with Crippen LogP contribution < -0.4 is 5.32 Å². The van der Waals surface area contributed by atoms with Crippen LogP contribution in [0.3, 0.4) is 0 Å². The maximum atomic E-state index is 10.1. The zero-order chi connectivity index (χ0) is 13.8. The molecule has 108 valence electrons. The zero-order valence-corrected chi connectivity index (χ0v) is 12.1. The molecule has 2 rings (SSSR count). The number of nitrogens with zero attached hydrogens (tertiary/aromatic N) is 2. The van der Waals surface area contributed by atoms with E-state index >= 15 is 0 Å². The molecular formula is C14H25N3O2. The van der Waals surface area contributed by atoms with Crippen LogP contribution in [0.2, 0.25) is 0 Å². The van der Waals surface area contributed by atoms with Gasteiger partial charge in [-0.15, -0.1) is 0 Å². The highest BCUT2D eigenvalue weighted by atomic mass is 16.5. The molecule has 19 heavy (non-hydrogen) atoms. The van der Waals surface area contributed by atoms with Gasteiger partial charge >= 0.3 is 0 Å². The van der Waals surface area contributed by atoms with Gasteiger partial charge < -0.3 is 19.8 Å². The first-order valence-electron chi connectivity index (χ1n) is 7.14. The summed E-state index contributed by atoms with van der Waals surface area (Å²) < 4.78 is 5.17. The molecule has 2 heterocycles. The maximum absolute atomic E-state index is 10.1. The van der Waals surface area contributed by atoms with Crippen molar-refractivity contribution in [1.82, 2.24) is 15.4 Å². The van der Waals surface area contributed by atoms with Gasteiger partial charge in [0.25, 0.3) is 0 Å². The summed E-state index contributed by atoms with van der Waals surface area (Å²) in [5, 5.41) is 17.4. The topological polar surface area (TPSA) is 61.5 Å². The minimum Gasteiger partial charge on any atom is -0.390 e. The molecule has 1 saturated heterocycles. The van der Waals surface area contributed by atoms with Crippen molar-refractivity contribution in [3.63, 3.8) is 0 Å². The van der Waals surface area contributed by atoms with Crippen LogP contribution in [-0.4, -0.2) is 47.4 Å². The van der Waals surface area contributed by atoms with Gasteiger partial charge in [0, 0.05) is 24.7 Å². The average Bonchev–Trinajstić information content (AvgIpc) is 2.97. The molecule has 5 heteroatoms. The first kappa shape index (κ1) is 14.5. The number of hydrogen-bond acceptors (Lipinski definition) is 5. The number of hydrogen-bond donors (Lipinski definition) is 2. The second kappa shape index (κ2) is 6.50. The summed E-state index contributed by atoms with van der Waals surface area (Å²) >= 11 is 0. The van der Waals surface area contributed by atoms with Crippen LogP contribution in [0.4, 0.5) is 0 Å². The molecule has 2 atom stereocenters. The number of β-amino-alcohol motifs (C(OH)–C–C–N with tert-alkyl or cyclic N) is 1.